The van der Waals surface area contributed by atoms with Crippen LogP contribution in [0.2, 0.25) is 0 Å². The molecule has 1 heterocycles. The van der Waals surface area contributed by atoms with Crippen molar-refractivity contribution in [3.8, 4) is 5.75 Å². The van der Waals surface area contributed by atoms with Crippen LogP contribution in [-0.2, 0) is 0 Å². The first-order valence-corrected chi connectivity index (χ1v) is 6.01. The molecule has 0 spiro atoms. The van der Waals surface area contributed by atoms with E-state index in [0.717, 1.165) is 5.75 Å². The molecule has 2 aromatic rings. The van der Waals surface area contributed by atoms with Gasteiger partial charge < -0.3 is 10.1 Å². The van der Waals surface area contributed by atoms with Crippen LogP contribution in [0.15, 0.2) is 30.6 Å². The van der Waals surface area contributed by atoms with E-state index in [9.17, 15) is 4.79 Å². The van der Waals surface area contributed by atoms with E-state index < -0.39 is 0 Å². The molecular weight excluding hydrogens is 244 g/mol. The number of carbonyl (C=O) groups excluding carboxylic acids is 1. The zero-order valence-electron chi connectivity index (χ0n) is 10.9. The summed E-state index contributed by atoms with van der Waals surface area (Å²) in [4.78, 5) is 15.4. The van der Waals surface area contributed by atoms with Crippen LogP contribution in [-0.4, -0.2) is 33.7 Å². The molecule has 0 saturated heterocycles. The number of aromatic amines is 1. The molecule has 1 unspecified atom stereocenters. The van der Waals surface area contributed by atoms with E-state index in [4.69, 9.17) is 4.74 Å². The number of carbonyl (C=O) groups is 1. The number of hydrogen-bond acceptors (Lipinski definition) is 4. The van der Waals surface area contributed by atoms with Crippen LogP contribution in [0.1, 0.15) is 23.1 Å². The third kappa shape index (κ3) is 3.80. The lowest BCUT2D eigenvalue weighted by atomic mass is 10.2. The normalized spacial score (nSPS) is 11.9. The lowest BCUT2D eigenvalue weighted by molar-refractivity contribution is 0.0916. The summed E-state index contributed by atoms with van der Waals surface area (Å²) in [6, 6.07) is 7.64. The van der Waals surface area contributed by atoms with Gasteiger partial charge in [0, 0.05) is 0 Å². The van der Waals surface area contributed by atoms with Gasteiger partial charge in [0.05, 0.1) is 6.04 Å². The van der Waals surface area contributed by atoms with Crippen LogP contribution in [0.25, 0.3) is 0 Å². The fourth-order valence-corrected chi connectivity index (χ4v) is 1.50. The fourth-order valence-electron chi connectivity index (χ4n) is 1.50. The number of nitrogens with zero attached hydrogens (tertiary/aromatic N) is 2. The number of rotatable bonds is 5. The molecule has 0 radical (unpaired) electrons. The molecule has 2 rings (SSSR count). The molecule has 6 heteroatoms. The van der Waals surface area contributed by atoms with Crippen molar-refractivity contribution in [3.63, 3.8) is 0 Å². The minimum atomic E-state index is -0.294. The van der Waals surface area contributed by atoms with Crippen LogP contribution in [0.5, 0.6) is 5.75 Å². The standard InChI is InChI=1S/C13H16N4O2/c1-9-3-5-11(6-4-9)19-7-10(2)16-13(18)12-14-8-15-17-12/h3-6,8,10H,7H2,1-2H3,(H,16,18)(H,14,15,17). The Hall–Kier alpha value is -2.37. The first-order valence-electron chi connectivity index (χ1n) is 6.01. The number of benzene rings is 1. The van der Waals surface area contributed by atoms with Gasteiger partial charge in [0.2, 0.25) is 5.82 Å². The number of hydrogen-bond donors (Lipinski definition) is 2. The van der Waals surface area contributed by atoms with Gasteiger partial charge in [-0.2, -0.15) is 5.10 Å². The van der Waals surface area contributed by atoms with Gasteiger partial charge in [-0.15, -0.1) is 0 Å². The van der Waals surface area contributed by atoms with Crippen LogP contribution >= 0.6 is 0 Å². The molecule has 1 amide bonds. The second-order valence-corrected chi connectivity index (χ2v) is 4.33. The van der Waals surface area contributed by atoms with Gasteiger partial charge >= 0.3 is 0 Å². The Morgan fingerprint density at radius 1 is 1.42 bits per heavy atom. The first kappa shape index (κ1) is 13.1. The predicted molar refractivity (Wildman–Crippen MR) is 70.0 cm³/mol. The molecule has 0 fully saturated rings. The smallest absolute Gasteiger partial charge is 0.288 e. The van der Waals surface area contributed by atoms with Crippen LogP contribution in [0, 0.1) is 6.92 Å². The van der Waals surface area contributed by atoms with Gasteiger partial charge in [-0.1, -0.05) is 17.7 Å². The van der Waals surface area contributed by atoms with Crippen LogP contribution in [0.4, 0.5) is 0 Å². The molecular formula is C13H16N4O2. The minimum absolute atomic E-state index is 0.126. The molecule has 0 aliphatic carbocycles. The topological polar surface area (TPSA) is 79.9 Å². The van der Waals surface area contributed by atoms with Crippen molar-refractivity contribution in [2.75, 3.05) is 6.61 Å². The molecule has 2 N–H and O–H groups in total. The maximum absolute atomic E-state index is 11.7. The maximum atomic E-state index is 11.7. The van der Waals surface area contributed by atoms with E-state index in [1.54, 1.807) is 0 Å². The number of amides is 1. The molecule has 1 aromatic heterocycles. The molecule has 0 aliphatic heterocycles. The summed E-state index contributed by atoms with van der Waals surface area (Å²) in [6.45, 7) is 4.27. The van der Waals surface area contributed by atoms with Crippen molar-refractivity contribution in [2.24, 2.45) is 0 Å². The average Bonchev–Trinajstić information content (AvgIpc) is 2.92. The van der Waals surface area contributed by atoms with Crippen molar-refractivity contribution in [1.29, 1.82) is 0 Å². The Labute approximate surface area is 111 Å². The van der Waals surface area contributed by atoms with Gasteiger partial charge in [0.1, 0.15) is 18.7 Å². The predicted octanol–water partition coefficient (Wildman–Crippen LogP) is 1.31. The summed E-state index contributed by atoms with van der Waals surface area (Å²) < 4.78 is 5.58. The first-order chi connectivity index (χ1) is 9.15. The van der Waals surface area contributed by atoms with Crippen molar-refractivity contribution < 1.29 is 9.53 Å². The number of ether oxygens (including phenoxy) is 1. The Bertz CT molecular complexity index is 522. The largest absolute Gasteiger partial charge is 0.491 e. The zero-order valence-corrected chi connectivity index (χ0v) is 10.9. The second kappa shape index (κ2) is 5.99. The Kier molecular flexibility index (Phi) is 4.12. The highest BCUT2D eigenvalue weighted by Gasteiger charge is 2.12. The lowest BCUT2D eigenvalue weighted by Crippen LogP contribution is -2.37. The van der Waals surface area contributed by atoms with Crippen LogP contribution < -0.4 is 10.1 Å². The molecule has 6 nitrogen and oxygen atoms in total. The van der Waals surface area contributed by atoms with Crippen molar-refractivity contribution in [3.05, 3.63) is 42.0 Å². The Morgan fingerprint density at radius 2 is 2.16 bits per heavy atom. The second-order valence-electron chi connectivity index (χ2n) is 4.33. The SMILES string of the molecule is Cc1ccc(OCC(C)NC(=O)c2ncn[nH]2)cc1. The quantitative estimate of drug-likeness (QED) is 0.849. The summed E-state index contributed by atoms with van der Waals surface area (Å²) in [5.41, 5.74) is 1.18. The van der Waals surface area contributed by atoms with E-state index >= 15 is 0 Å². The van der Waals surface area contributed by atoms with Gasteiger partial charge in [-0.3, -0.25) is 9.89 Å². The molecule has 0 bridgehead atoms. The van der Waals surface area contributed by atoms with E-state index in [-0.39, 0.29) is 17.8 Å². The van der Waals surface area contributed by atoms with Crippen molar-refractivity contribution in [1.82, 2.24) is 20.5 Å². The summed E-state index contributed by atoms with van der Waals surface area (Å²) in [6.07, 6.45) is 1.29. The number of H-pyrrole nitrogens is 1. The summed E-state index contributed by atoms with van der Waals surface area (Å²) >= 11 is 0. The summed E-state index contributed by atoms with van der Waals surface area (Å²) in [5.74, 6) is 0.686. The molecule has 0 saturated carbocycles. The van der Waals surface area contributed by atoms with Gasteiger partial charge in [-0.25, -0.2) is 4.98 Å². The van der Waals surface area contributed by atoms with Gasteiger partial charge in [0.15, 0.2) is 0 Å². The molecule has 1 atom stereocenters. The highest BCUT2D eigenvalue weighted by Crippen LogP contribution is 2.11. The fraction of sp³-hybridized carbons (Fsp3) is 0.308. The molecule has 100 valence electrons. The maximum Gasteiger partial charge on any atom is 0.288 e. The summed E-state index contributed by atoms with van der Waals surface area (Å²) in [7, 11) is 0. The minimum Gasteiger partial charge on any atom is -0.491 e. The van der Waals surface area contributed by atoms with E-state index in [1.807, 2.05) is 38.1 Å². The molecule has 0 aliphatic rings. The van der Waals surface area contributed by atoms with E-state index in [2.05, 4.69) is 20.5 Å². The number of aromatic nitrogens is 3. The van der Waals surface area contributed by atoms with Crippen LogP contribution in [0.3, 0.4) is 0 Å². The van der Waals surface area contributed by atoms with Gasteiger partial charge in [-0.05, 0) is 26.0 Å². The Balaban J connectivity index is 1.80. The van der Waals surface area contributed by atoms with E-state index in [0.29, 0.717) is 6.61 Å². The highest BCUT2D eigenvalue weighted by molar-refractivity contribution is 5.90. The third-order valence-corrected chi connectivity index (χ3v) is 2.53. The van der Waals surface area contributed by atoms with Gasteiger partial charge in [0.25, 0.3) is 5.91 Å². The third-order valence-electron chi connectivity index (χ3n) is 2.53. The van der Waals surface area contributed by atoms with E-state index in [1.165, 1.54) is 11.9 Å². The number of nitrogens with one attached hydrogen (secondary N) is 2. The zero-order chi connectivity index (χ0) is 13.7. The summed E-state index contributed by atoms with van der Waals surface area (Å²) in [5, 5.41) is 8.90. The monoisotopic (exact) mass is 260 g/mol. The highest BCUT2D eigenvalue weighted by atomic mass is 16.5. The lowest BCUT2D eigenvalue weighted by Gasteiger charge is -2.14. The average molecular weight is 260 g/mol. The van der Waals surface area contributed by atoms with Crippen molar-refractivity contribution in [2.45, 2.75) is 19.9 Å². The Morgan fingerprint density at radius 3 is 2.79 bits per heavy atom. The molecule has 19 heavy (non-hydrogen) atoms. The van der Waals surface area contributed by atoms with Crippen molar-refractivity contribution >= 4 is 5.91 Å². The number of aryl methyl sites for hydroxylation is 1. The molecule has 1 aromatic carbocycles.